The van der Waals surface area contributed by atoms with Crippen LogP contribution in [-0.4, -0.2) is 40.6 Å². The number of benzene rings is 1. The lowest BCUT2D eigenvalue weighted by atomic mass is 10.3. The zero-order chi connectivity index (χ0) is 18.0. The number of guanidine groups is 1. The molecule has 0 atom stereocenters. The van der Waals surface area contributed by atoms with Crippen molar-refractivity contribution in [2.24, 2.45) is 4.99 Å². The topological polar surface area (TPSA) is 95.7 Å². The van der Waals surface area contributed by atoms with Crippen LogP contribution in [0.25, 0.3) is 0 Å². The summed E-state index contributed by atoms with van der Waals surface area (Å²) in [5.74, 6) is 1.55. The van der Waals surface area contributed by atoms with Crippen LogP contribution in [0, 0.1) is 0 Å². The van der Waals surface area contributed by atoms with Crippen molar-refractivity contribution in [3.63, 3.8) is 0 Å². The van der Waals surface area contributed by atoms with Crippen LogP contribution in [0.2, 0.25) is 0 Å². The number of furan rings is 1. The van der Waals surface area contributed by atoms with E-state index in [2.05, 4.69) is 20.3 Å². The van der Waals surface area contributed by atoms with Crippen molar-refractivity contribution in [3.05, 3.63) is 54.5 Å². The summed E-state index contributed by atoms with van der Waals surface area (Å²) in [4.78, 5) is 4.62. The summed E-state index contributed by atoms with van der Waals surface area (Å²) in [5.41, 5.74) is 0. The predicted octanol–water partition coefficient (Wildman–Crippen LogP) is 1.97. The fourth-order valence-corrected chi connectivity index (χ4v) is 3.17. The van der Waals surface area contributed by atoms with Gasteiger partial charge < -0.3 is 15.1 Å². The lowest BCUT2D eigenvalue weighted by molar-refractivity contribution is 0.507. The Labute approximate surface area is 171 Å². The monoisotopic (exact) mass is 492 g/mol. The molecule has 0 aliphatic heterocycles. The zero-order valence-corrected chi connectivity index (χ0v) is 17.8. The van der Waals surface area contributed by atoms with E-state index < -0.39 is 10.0 Å². The minimum Gasteiger partial charge on any atom is -0.469 e. The summed E-state index contributed by atoms with van der Waals surface area (Å²) in [5, 5.41) is 6.31. The molecule has 0 amide bonds. The quantitative estimate of drug-likeness (QED) is 0.215. The van der Waals surface area contributed by atoms with E-state index in [4.69, 9.17) is 4.42 Å². The molecule has 0 fully saturated rings. The Bertz CT molecular complexity index is 750. The van der Waals surface area contributed by atoms with Gasteiger partial charge in [-0.2, -0.15) is 0 Å². The second-order valence-corrected chi connectivity index (χ2v) is 6.99. The number of hydrogen-bond acceptors (Lipinski definition) is 4. The van der Waals surface area contributed by atoms with Gasteiger partial charge in [0, 0.05) is 26.1 Å². The third-order valence-corrected chi connectivity index (χ3v) is 4.79. The lowest BCUT2D eigenvalue weighted by Gasteiger charge is -2.11. The van der Waals surface area contributed by atoms with Crippen LogP contribution < -0.4 is 15.4 Å². The van der Waals surface area contributed by atoms with E-state index in [9.17, 15) is 8.42 Å². The van der Waals surface area contributed by atoms with E-state index in [-0.39, 0.29) is 35.4 Å². The van der Waals surface area contributed by atoms with Crippen molar-refractivity contribution in [2.75, 3.05) is 26.2 Å². The number of aliphatic imine (C=N–C) groups is 1. The SMILES string of the molecule is CCNC(=NCCNS(=O)(=O)c1ccccc1)NCCc1ccco1.I. The molecule has 1 aromatic heterocycles. The van der Waals surface area contributed by atoms with Gasteiger partial charge in [-0.25, -0.2) is 13.1 Å². The van der Waals surface area contributed by atoms with Crippen LogP contribution in [0.5, 0.6) is 0 Å². The average molecular weight is 492 g/mol. The molecule has 1 heterocycles. The highest BCUT2D eigenvalue weighted by Crippen LogP contribution is 2.06. The number of nitrogens with zero attached hydrogens (tertiary/aromatic N) is 1. The minimum absolute atomic E-state index is 0. The average Bonchev–Trinajstić information content (AvgIpc) is 3.13. The molecule has 3 N–H and O–H groups in total. The first-order chi connectivity index (χ1) is 12.1. The van der Waals surface area contributed by atoms with Crippen molar-refractivity contribution in [1.29, 1.82) is 0 Å². The summed E-state index contributed by atoms with van der Waals surface area (Å²) < 4.78 is 32.0. The van der Waals surface area contributed by atoms with Gasteiger partial charge in [0.05, 0.1) is 17.7 Å². The van der Waals surface area contributed by atoms with Crippen LogP contribution in [0.1, 0.15) is 12.7 Å². The molecule has 26 heavy (non-hydrogen) atoms. The van der Waals surface area contributed by atoms with Gasteiger partial charge in [0.15, 0.2) is 5.96 Å². The van der Waals surface area contributed by atoms with Gasteiger partial charge in [0.1, 0.15) is 5.76 Å². The standard InChI is InChI=1S/C17H24N4O3S.HI/c1-2-18-17(19-11-10-15-7-6-14-24-15)20-12-13-21-25(22,23)16-8-4-3-5-9-16;/h3-9,14,21H,2,10-13H2,1H3,(H2,18,19,20);1H. The van der Waals surface area contributed by atoms with Crippen LogP contribution in [0.15, 0.2) is 63.0 Å². The van der Waals surface area contributed by atoms with E-state index in [0.717, 1.165) is 18.7 Å². The Hall–Kier alpha value is -1.59. The Morgan fingerprint density at radius 3 is 2.50 bits per heavy atom. The van der Waals surface area contributed by atoms with Crippen molar-refractivity contribution >= 4 is 40.0 Å². The van der Waals surface area contributed by atoms with Crippen molar-refractivity contribution in [3.8, 4) is 0 Å². The molecule has 0 aliphatic carbocycles. The highest BCUT2D eigenvalue weighted by Gasteiger charge is 2.11. The van der Waals surface area contributed by atoms with Gasteiger partial charge in [-0.3, -0.25) is 4.99 Å². The molecule has 0 saturated heterocycles. The number of hydrogen-bond donors (Lipinski definition) is 3. The number of halogens is 1. The van der Waals surface area contributed by atoms with Gasteiger partial charge >= 0.3 is 0 Å². The van der Waals surface area contributed by atoms with E-state index in [1.54, 1.807) is 36.6 Å². The van der Waals surface area contributed by atoms with Gasteiger partial charge in [0.2, 0.25) is 10.0 Å². The molecule has 7 nitrogen and oxygen atoms in total. The molecule has 144 valence electrons. The first kappa shape index (κ1) is 22.5. The molecule has 9 heteroatoms. The number of nitrogens with one attached hydrogen (secondary N) is 3. The van der Waals surface area contributed by atoms with Gasteiger partial charge in [-0.05, 0) is 31.2 Å². The molecule has 0 radical (unpaired) electrons. The molecule has 0 aliphatic rings. The molecular formula is C17H25IN4O3S. The maximum absolute atomic E-state index is 12.1. The summed E-state index contributed by atoms with van der Waals surface area (Å²) in [6.07, 6.45) is 2.39. The molecule has 0 unspecified atom stereocenters. The molecule has 0 bridgehead atoms. The third kappa shape index (κ3) is 7.75. The van der Waals surface area contributed by atoms with Gasteiger partial charge in [-0.1, -0.05) is 18.2 Å². The van der Waals surface area contributed by atoms with Crippen LogP contribution in [-0.2, 0) is 16.4 Å². The molecule has 2 aromatic rings. The van der Waals surface area contributed by atoms with Crippen molar-refractivity contribution < 1.29 is 12.8 Å². The van der Waals surface area contributed by atoms with Crippen LogP contribution >= 0.6 is 24.0 Å². The fourth-order valence-electron chi connectivity index (χ4n) is 2.13. The van der Waals surface area contributed by atoms with E-state index in [0.29, 0.717) is 19.0 Å². The maximum Gasteiger partial charge on any atom is 0.240 e. The predicted molar refractivity (Wildman–Crippen MR) is 113 cm³/mol. The molecule has 0 spiro atoms. The zero-order valence-electron chi connectivity index (χ0n) is 14.6. The number of rotatable bonds is 9. The Balaban J connectivity index is 0.00000338. The smallest absolute Gasteiger partial charge is 0.240 e. The van der Waals surface area contributed by atoms with E-state index >= 15 is 0 Å². The van der Waals surface area contributed by atoms with E-state index in [1.807, 2.05) is 19.1 Å². The largest absolute Gasteiger partial charge is 0.469 e. The summed E-state index contributed by atoms with van der Waals surface area (Å²) in [7, 11) is -3.49. The summed E-state index contributed by atoms with van der Waals surface area (Å²) in [6.45, 7) is 3.94. The fraction of sp³-hybridized carbons (Fsp3) is 0.353. The summed E-state index contributed by atoms with van der Waals surface area (Å²) >= 11 is 0. The second kappa shape index (κ2) is 11.9. The van der Waals surface area contributed by atoms with Crippen molar-refractivity contribution in [2.45, 2.75) is 18.2 Å². The highest BCUT2D eigenvalue weighted by molar-refractivity contribution is 14.0. The van der Waals surface area contributed by atoms with Crippen LogP contribution in [0.3, 0.4) is 0 Å². The van der Waals surface area contributed by atoms with Gasteiger partial charge in [-0.15, -0.1) is 24.0 Å². The lowest BCUT2D eigenvalue weighted by Crippen LogP contribution is -2.39. The minimum atomic E-state index is -3.49. The molecule has 1 aromatic carbocycles. The molecular weight excluding hydrogens is 467 g/mol. The summed E-state index contributed by atoms with van der Waals surface area (Å²) in [6, 6.07) is 12.1. The molecule has 2 rings (SSSR count). The maximum atomic E-state index is 12.1. The second-order valence-electron chi connectivity index (χ2n) is 5.23. The Morgan fingerprint density at radius 2 is 1.85 bits per heavy atom. The van der Waals surface area contributed by atoms with Crippen molar-refractivity contribution in [1.82, 2.24) is 15.4 Å². The first-order valence-electron chi connectivity index (χ1n) is 8.21. The highest BCUT2D eigenvalue weighted by atomic mass is 127. The van der Waals surface area contributed by atoms with E-state index in [1.165, 1.54) is 0 Å². The third-order valence-electron chi connectivity index (χ3n) is 3.32. The van der Waals surface area contributed by atoms with Crippen LogP contribution in [0.4, 0.5) is 0 Å². The first-order valence-corrected chi connectivity index (χ1v) is 9.69. The normalized spacial score (nSPS) is 11.7. The number of sulfonamides is 1. The Kier molecular flexibility index (Phi) is 10.3. The Morgan fingerprint density at radius 1 is 1.08 bits per heavy atom. The van der Waals surface area contributed by atoms with Gasteiger partial charge in [0.25, 0.3) is 0 Å². The molecule has 0 saturated carbocycles.